The van der Waals surface area contributed by atoms with E-state index in [2.05, 4.69) is 5.32 Å². The summed E-state index contributed by atoms with van der Waals surface area (Å²) in [4.78, 5) is 25.0. The molecule has 0 saturated heterocycles. The molecule has 0 aromatic heterocycles. The van der Waals surface area contributed by atoms with Gasteiger partial charge in [-0.05, 0) is 74.0 Å². The van der Waals surface area contributed by atoms with Gasteiger partial charge in [-0.2, -0.15) is 0 Å². The van der Waals surface area contributed by atoms with E-state index in [1.807, 2.05) is 0 Å². The van der Waals surface area contributed by atoms with Gasteiger partial charge in [0.25, 0.3) is 10.0 Å². The lowest BCUT2D eigenvalue weighted by Gasteiger charge is -2.24. The Balaban J connectivity index is 1.93. The second-order valence-electron chi connectivity index (χ2n) is 7.24. The number of aryl methyl sites for hydroxylation is 1. The Morgan fingerprint density at radius 1 is 0.971 bits per heavy atom. The van der Waals surface area contributed by atoms with E-state index in [4.69, 9.17) is 27.9 Å². The molecular weight excluding hydrogens is 499 g/mol. The summed E-state index contributed by atoms with van der Waals surface area (Å²) in [5, 5.41) is 3.38. The largest absolute Gasteiger partial charge is 0.462 e. The molecule has 1 amide bonds. The minimum absolute atomic E-state index is 0.0369. The van der Waals surface area contributed by atoms with Crippen LogP contribution in [0.25, 0.3) is 0 Å². The molecule has 0 bridgehead atoms. The molecule has 0 unspecified atom stereocenters. The smallest absolute Gasteiger partial charge is 0.338 e. The van der Waals surface area contributed by atoms with Crippen LogP contribution in [-0.2, 0) is 19.6 Å². The maximum atomic E-state index is 13.4. The van der Waals surface area contributed by atoms with Crippen molar-refractivity contribution in [1.29, 1.82) is 0 Å². The molecule has 0 aliphatic heterocycles. The molecule has 0 heterocycles. The van der Waals surface area contributed by atoms with Gasteiger partial charge in [-0.1, -0.05) is 35.3 Å². The number of sulfonamides is 1. The first kappa shape index (κ1) is 25.6. The maximum Gasteiger partial charge on any atom is 0.338 e. The van der Waals surface area contributed by atoms with Gasteiger partial charge in [0.1, 0.15) is 6.54 Å². The highest BCUT2D eigenvalue weighted by Gasteiger charge is 2.27. The quantitative estimate of drug-likeness (QED) is 0.406. The zero-order chi connectivity index (χ0) is 24.9. The lowest BCUT2D eigenvalue weighted by Crippen LogP contribution is -2.38. The molecule has 0 aliphatic carbocycles. The molecule has 0 saturated carbocycles. The van der Waals surface area contributed by atoms with Crippen LogP contribution in [0.3, 0.4) is 0 Å². The highest BCUT2D eigenvalue weighted by molar-refractivity contribution is 7.92. The Bertz CT molecular complexity index is 1310. The Labute approximate surface area is 208 Å². The van der Waals surface area contributed by atoms with E-state index < -0.39 is 28.4 Å². The molecule has 0 radical (unpaired) electrons. The summed E-state index contributed by atoms with van der Waals surface area (Å²) in [7, 11) is -4.13. The van der Waals surface area contributed by atoms with E-state index in [0.29, 0.717) is 21.3 Å². The molecule has 178 valence electrons. The number of nitrogens with zero attached hydrogens (tertiary/aromatic N) is 1. The van der Waals surface area contributed by atoms with Crippen molar-refractivity contribution in [3.05, 3.63) is 87.9 Å². The van der Waals surface area contributed by atoms with Crippen molar-refractivity contribution >= 4 is 56.5 Å². The van der Waals surface area contributed by atoms with Gasteiger partial charge in [0, 0.05) is 15.7 Å². The van der Waals surface area contributed by atoms with Gasteiger partial charge in [-0.15, -0.1) is 0 Å². The van der Waals surface area contributed by atoms with Crippen LogP contribution in [0.15, 0.2) is 71.6 Å². The van der Waals surface area contributed by atoms with Crippen molar-refractivity contribution in [3.8, 4) is 0 Å². The summed E-state index contributed by atoms with van der Waals surface area (Å²) in [6, 6.07) is 16.6. The molecule has 7 nitrogen and oxygen atoms in total. The van der Waals surface area contributed by atoms with E-state index in [0.717, 1.165) is 4.31 Å². The average Bonchev–Trinajstić information content (AvgIpc) is 2.79. The van der Waals surface area contributed by atoms with Crippen LogP contribution in [0.1, 0.15) is 22.8 Å². The van der Waals surface area contributed by atoms with Crippen molar-refractivity contribution in [2.45, 2.75) is 18.7 Å². The standard InChI is InChI=1S/C24H22Cl2N2O5S/c1-3-33-24(30)17-8-7-16(2)22(13-17)27-23(29)15-28(20-6-4-5-19(26)14-20)34(31,32)21-11-9-18(25)10-12-21/h4-14H,3,15H2,1-2H3,(H,27,29). The zero-order valence-electron chi connectivity index (χ0n) is 18.4. The minimum atomic E-state index is -4.13. The lowest BCUT2D eigenvalue weighted by molar-refractivity contribution is -0.114. The number of anilines is 2. The summed E-state index contributed by atoms with van der Waals surface area (Å²) >= 11 is 12.0. The number of esters is 1. The predicted molar refractivity (Wildman–Crippen MR) is 133 cm³/mol. The molecule has 0 fully saturated rings. The number of amides is 1. The van der Waals surface area contributed by atoms with Gasteiger partial charge in [0.15, 0.2) is 0 Å². The van der Waals surface area contributed by atoms with Crippen LogP contribution in [-0.4, -0.2) is 33.4 Å². The number of ether oxygens (including phenoxy) is 1. The number of nitrogens with one attached hydrogen (secondary N) is 1. The number of rotatable bonds is 8. The van der Waals surface area contributed by atoms with Crippen molar-refractivity contribution < 1.29 is 22.7 Å². The van der Waals surface area contributed by atoms with Gasteiger partial charge in [-0.25, -0.2) is 13.2 Å². The molecule has 3 rings (SSSR count). The SMILES string of the molecule is CCOC(=O)c1ccc(C)c(NC(=O)CN(c2cccc(Cl)c2)S(=O)(=O)c2ccc(Cl)cc2)c1. The molecule has 10 heteroatoms. The lowest BCUT2D eigenvalue weighted by atomic mass is 10.1. The Hall–Kier alpha value is -3.07. The van der Waals surface area contributed by atoms with Gasteiger partial charge >= 0.3 is 5.97 Å². The fourth-order valence-corrected chi connectivity index (χ4v) is 4.82. The second kappa shape index (κ2) is 10.9. The van der Waals surface area contributed by atoms with Gasteiger partial charge < -0.3 is 10.1 Å². The third-order valence-corrected chi connectivity index (χ3v) is 7.08. The average molecular weight is 521 g/mol. The highest BCUT2D eigenvalue weighted by atomic mass is 35.5. The van der Waals surface area contributed by atoms with Crippen LogP contribution in [0.2, 0.25) is 10.0 Å². The van der Waals surface area contributed by atoms with E-state index in [-0.39, 0.29) is 22.8 Å². The van der Waals surface area contributed by atoms with Crippen molar-refractivity contribution in [3.63, 3.8) is 0 Å². The highest BCUT2D eigenvalue weighted by Crippen LogP contribution is 2.27. The van der Waals surface area contributed by atoms with Gasteiger partial charge in [0.05, 0.1) is 22.8 Å². The van der Waals surface area contributed by atoms with E-state index in [1.54, 1.807) is 44.2 Å². The van der Waals surface area contributed by atoms with Crippen LogP contribution >= 0.6 is 23.2 Å². The summed E-state index contributed by atoms with van der Waals surface area (Å²) in [5.74, 6) is -1.13. The predicted octanol–water partition coefficient (Wildman–Crippen LogP) is 5.31. The number of hydrogen-bond acceptors (Lipinski definition) is 5. The zero-order valence-corrected chi connectivity index (χ0v) is 20.7. The summed E-state index contributed by atoms with van der Waals surface area (Å²) in [6.45, 7) is 3.13. The Morgan fingerprint density at radius 2 is 1.68 bits per heavy atom. The number of carbonyl (C=O) groups excluding carboxylic acids is 2. The second-order valence-corrected chi connectivity index (χ2v) is 9.98. The van der Waals surface area contributed by atoms with Crippen LogP contribution < -0.4 is 9.62 Å². The number of halogens is 2. The first-order valence-corrected chi connectivity index (χ1v) is 12.4. The van der Waals surface area contributed by atoms with Crippen LogP contribution in [0.5, 0.6) is 0 Å². The Kier molecular flexibility index (Phi) is 8.19. The topological polar surface area (TPSA) is 92.8 Å². The molecule has 1 N–H and O–H groups in total. The monoisotopic (exact) mass is 520 g/mol. The molecule has 3 aromatic carbocycles. The molecule has 0 spiro atoms. The molecular formula is C24H22Cl2N2O5S. The van der Waals surface area contributed by atoms with E-state index in [9.17, 15) is 18.0 Å². The third-order valence-electron chi connectivity index (χ3n) is 4.81. The fraction of sp³-hybridized carbons (Fsp3) is 0.167. The molecule has 0 atom stereocenters. The Morgan fingerprint density at radius 3 is 2.32 bits per heavy atom. The van der Waals surface area contributed by atoms with Crippen molar-refractivity contribution in [1.82, 2.24) is 0 Å². The van der Waals surface area contributed by atoms with Crippen molar-refractivity contribution in [2.24, 2.45) is 0 Å². The minimum Gasteiger partial charge on any atom is -0.462 e. The third kappa shape index (κ3) is 6.08. The van der Waals surface area contributed by atoms with E-state index in [1.165, 1.54) is 36.4 Å². The number of carbonyl (C=O) groups is 2. The maximum absolute atomic E-state index is 13.4. The summed E-state index contributed by atoms with van der Waals surface area (Å²) in [5.41, 5.74) is 1.54. The van der Waals surface area contributed by atoms with E-state index >= 15 is 0 Å². The summed E-state index contributed by atoms with van der Waals surface area (Å²) < 4.78 is 32.8. The fourth-order valence-electron chi connectivity index (χ4n) is 3.10. The molecule has 3 aromatic rings. The van der Waals surface area contributed by atoms with Gasteiger partial charge in [0.2, 0.25) is 5.91 Å². The summed E-state index contributed by atoms with van der Waals surface area (Å²) in [6.07, 6.45) is 0. The normalized spacial score (nSPS) is 11.1. The first-order valence-electron chi connectivity index (χ1n) is 10.2. The first-order chi connectivity index (χ1) is 16.1. The van der Waals surface area contributed by atoms with Gasteiger partial charge in [-0.3, -0.25) is 9.10 Å². The van der Waals surface area contributed by atoms with Crippen molar-refractivity contribution in [2.75, 3.05) is 22.8 Å². The van der Waals surface area contributed by atoms with Crippen LogP contribution in [0, 0.1) is 6.92 Å². The molecule has 0 aliphatic rings. The van der Waals surface area contributed by atoms with Crippen LogP contribution in [0.4, 0.5) is 11.4 Å². The number of benzene rings is 3. The number of hydrogen-bond donors (Lipinski definition) is 1. The molecule has 34 heavy (non-hydrogen) atoms.